The summed E-state index contributed by atoms with van der Waals surface area (Å²) in [5.74, 6) is 0. The molecule has 0 radical (unpaired) electrons. The molecule has 0 atom stereocenters. The van der Waals surface area contributed by atoms with Gasteiger partial charge in [0.25, 0.3) is 0 Å². The lowest BCUT2D eigenvalue weighted by Gasteiger charge is -2.07. The molecule has 38 valence electrons. The van der Waals surface area contributed by atoms with Gasteiger partial charge in [0.1, 0.15) is 0 Å². The Morgan fingerprint density at radius 1 is 1.86 bits per heavy atom. The van der Waals surface area contributed by atoms with E-state index in [4.69, 9.17) is 0 Å². The fourth-order valence-electron chi connectivity index (χ4n) is 0.503. The molecular weight excluding hydrogens is 88.1 g/mol. The maximum absolute atomic E-state index is 3.66. The van der Waals surface area contributed by atoms with Crippen molar-refractivity contribution in [1.29, 1.82) is 0 Å². The van der Waals surface area contributed by atoms with Crippen LogP contribution in [0.15, 0.2) is 24.6 Å². The topological polar surface area (TPSA) is 15.3 Å². The van der Waals surface area contributed by atoms with Crippen LogP contribution >= 0.6 is 0 Å². The largest absolute Gasteiger partial charge is 0.300 e. The van der Waals surface area contributed by atoms with Gasteiger partial charge >= 0.3 is 0 Å². The fourth-order valence-corrected chi connectivity index (χ4v) is 0.503. The molecule has 0 amide bonds. The Kier molecular flexibility index (Phi) is 0.785. The lowest BCUT2D eigenvalue weighted by atomic mass is 10.5. The molecule has 2 nitrogen and oxygen atoms in total. The molecule has 0 bridgehead atoms. The predicted octanol–water partition coefficient (Wildman–Crippen LogP) is 0.464. The molecule has 0 saturated heterocycles. The van der Waals surface area contributed by atoms with Gasteiger partial charge in [-0.1, -0.05) is 6.58 Å². The Balaban J connectivity index is 2.58. The first-order valence-corrected chi connectivity index (χ1v) is 2.15. The van der Waals surface area contributed by atoms with Crippen molar-refractivity contribution >= 4 is 0 Å². The van der Waals surface area contributed by atoms with Crippen LogP contribution in [-0.4, -0.2) is 12.1 Å². The van der Waals surface area contributed by atoms with E-state index in [1.54, 1.807) is 0 Å². The number of rotatable bonds is 0. The van der Waals surface area contributed by atoms with Gasteiger partial charge in [0.15, 0.2) is 0 Å². The van der Waals surface area contributed by atoms with E-state index in [-0.39, 0.29) is 0 Å². The summed E-state index contributed by atoms with van der Waals surface area (Å²) >= 11 is 0. The van der Waals surface area contributed by atoms with Gasteiger partial charge in [0, 0.05) is 18.9 Å². The molecule has 1 aliphatic heterocycles. The Morgan fingerprint density at radius 3 is 2.71 bits per heavy atom. The minimum atomic E-state index is 0.947. The van der Waals surface area contributed by atoms with Gasteiger partial charge in [-0.2, -0.15) is 0 Å². The van der Waals surface area contributed by atoms with Crippen LogP contribution in [0.1, 0.15) is 0 Å². The quantitative estimate of drug-likeness (QED) is 0.471. The third-order valence-electron chi connectivity index (χ3n) is 0.819. The molecule has 0 aromatic heterocycles. The van der Waals surface area contributed by atoms with Crippen LogP contribution in [0.2, 0.25) is 0 Å². The van der Waals surface area contributed by atoms with Gasteiger partial charge < -0.3 is 0 Å². The van der Waals surface area contributed by atoms with E-state index in [0.717, 1.165) is 5.70 Å². The van der Waals surface area contributed by atoms with E-state index >= 15 is 0 Å². The lowest BCUT2D eigenvalue weighted by Crippen LogP contribution is -2.21. The highest BCUT2D eigenvalue weighted by molar-refractivity contribution is 5.15. The first-order valence-electron chi connectivity index (χ1n) is 2.15. The van der Waals surface area contributed by atoms with Crippen molar-refractivity contribution in [2.45, 2.75) is 0 Å². The van der Waals surface area contributed by atoms with Crippen LogP contribution in [-0.2, 0) is 0 Å². The first-order chi connectivity index (χ1) is 3.29. The molecule has 1 aliphatic rings. The van der Waals surface area contributed by atoms with Gasteiger partial charge in [-0.25, -0.2) is 0 Å². The van der Waals surface area contributed by atoms with Gasteiger partial charge in [-0.05, 0) is 6.08 Å². The standard InChI is InChI=1S/C5H8N2/c1-5-3-4-7(2)6-5/h3-4,6H,1H2,2H3. The zero-order chi connectivity index (χ0) is 5.28. The third-order valence-corrected chi connectivity index (χ3v) is 0.819. The van der Waals surface area contributed by atoms with Gasteiger partial charge in [0.05, 0.1) is 0 Å². The van der Waals surface area contributed by atoms with Crippen molar-refractivity contribution in [3.05, 3.63) is 24.6 Å². The van der Waals surface area contributed by atoms with Crippen LogP contribution in [0.4, 0.5) is 0 Å². The third kappa shape index (κ3) is 0.738. The number of hydrogen-bond acceptors (Lipinski definition) is 2. The molecule has 1 N–H and O–H groups in total. The second-order valence-corrected chi connectivity index (χ2v) is 1.56. The number of hydrogen-bond donors (Lipinski definition) is 1. The van der Waals surface area contributed by atoms with Crippen LogP contribution in [0.5, 0.6) is 0 Å². The van der Waals surface area contributed by atoms with Crippen LogP contribution in [0, 0.1) is 0 Å². The SMILES string of the molecule is C=C1C=CN(C)N1. The summed E-state index contributed by atoms with van der Waals surface area (Å²) in [5, 5.41) is 1.85. The maximum Gasteiger partial charge on any atom is 0.0485 e. The van der Waals surface area contributed by atoms with Crippen molar-refractivity contribution in [3.8, 4) is 0 Å². The molecular formula is C5H8N2. The molecule has 0 unspecified atom stereocenters. The van der Waals surface area contributed by atoms with E-state index in [1.807, 2.05) is 24.3 Å². The second-order valence-electron chi connectivity index (χ2n) is 1.56. The molecule has 0 aromatic rings. The molecule has 1 rings (SSSR count). The summed E-state index contributed by atoms with van der Waals surface area (Å²) in [5.41, 5.74) is 3.89. The molecule has 7 heavy (non-hydrogen) atoms. The summed E-state index contributed by atoms with van der Waals surface area (Å²) in [4.78, 5) is 0. The van der Waals surface area contributed by atoms with E-state index in [2.05, 4.69) is 12.0 Å². The van der Waals surface area contributed by atoms with Gasteiger partial charge in [0.2, 0.25) is 0 Å². The average Bonchev–Trinajstić information content (AvgIpc) is 1.87. The summed E-state index contributed by atoms with van der Waals surface area (Å²) in [6.45, 7) is 3.66. The van der Waals surface area contributed by atoms with Crippen LogP contribution < -0.4 is 5.43 Å². The van der Waals surface area contributed by atoms with E-state index in [1.165, 1.54) is 0 Å². The Morgan fingerprint density at radius 2 is 2.57 bits per heavy atom. The number of allylic oxidation sites excluding steroid dienone is 1. The maximum atomic E-state index is 3.66. The van der Waals surface area contributed by atoms with Crippen molar-refractivity contribution in [2.24, 2.45) is 0 Å². The predicted molar refractivity (Wildman–Crippen MR) is 29.2 cm³/mol. The van der Waals surface area contributed by atoms with Gasteiger partial charge in [-0.3, -0.25) is 10.4 Å². The summed E-state index contributed by atoms with van der Waals surface area (Å²) in [6.07, 6.45) is 3.84. The Hall–Kier alpha value is -0.920. The number of nitrogens with one attached hydrogen (secondary N) is 1. The van der Waals surface area contributed by atoms with Crippen LogP contribution in [0.3, 0.4) is 0 Å². The molecule has 0 saturated carbocycles. The highest BCUT2D eigenvalue weighted by Crippen LogP contribution is 1.97. The van der Waals surface area contributed by atoms with Gasteiger partial charge in [-0.15, -0.1) is 0 Å². The Labute approximate surface area is 43.1 Å². The van der Waals surface area contributed by atoms with Crippen molar-refractivity contribution in [2.75, 3.05) is 7.05 Å². The smallest absolute Gasteiger partial charge is 0.0485 e. The molecule has 1 heterocycles. The molecule has 0 fully saturated rings. The fraction of sp³-hybridized carbons (Fsp3) is 0.200. The lowest BCUT2D eigenvalue weighted by molar-refractivity contribution is 0.398. The van der Waals surface area contributed by atoms with E-state index in [0.29, 0.717) is 0 Å². The van der Waals surface area contributed by atoms with Crippen molar-refractivity contribution in [3.63, 3.8) is 0 Å². The highest BCUT2D eigenvalue weighted by atomic mass is 15.5. The Bertz CT molecular complexity index is 115. The summed E-state index contributed by atoms with van der Waals surface area (Å²) < 4.78 is 0. The zero-order valence-electron chi connectivity index (χ0n) is 4.31. The minimum Gasteiger partial charge on any atom is -0.300 e. The number of hydrazine groups is 1. The summed E-state index contributed by atoms with van der Waals surface area (Å²) in [6, 6.07) is 0. The molecule has 2 heteroatoms. The van der Waals surface area contributed by atoms with Crippen molar-refractivity contribution in [1.82, 2.24) is 10.4 Å². The zero-order valence-corrected chi connectivity index (χ0v) is 4.31. The average molecular weight is 96.1 g/mol. The van der Waals surface area contributed by atoms with E-state index in [9.17, 15) is 0 Å². The minimum absolute atomic E-state index is 0.947. The normalized spacial score (nSPS) is 17.9. The van der Waals surface area contributed by atoms with E-state index < -0.39 is 0 Å². The van der Waals surface area contributed by atoms with Crippen LogP contribution in [0.25, 0.3) is 0 Å². The summed E-state index contributed by atoms with van der Waals surface area (Å²) in [7, 11) is 1.93. The molecule has 0 aliphatic carbocycles. The van der Waals surface area contributed by atoms with Crippen molar-refractivity contribution < 1.29 is 0 Å². The highest BCUT2D eigenvalue weighted by Gasteiger charge is 1.96. The first kappa shape index (κ1) is 4.24. The number of nitrogens with zero attached hydrogens (tertiary/aromatic N) is 1. The monoisotopic (exact) mass is 96.1 g/mol. The molecule has 0 aromatic carbocycles. The molecule has 0 spiro atoms. The second kappa shape index (κ2) is 1.30.